The second-order valence-electron chi connectivity index (χ2n) is 6.12. The van der Waals surface area contributed by atoms with E-state index < -0.39 is 0 Å². The number of aromatic nitrogens is 2. The lowest BCUT2D eigenvalue weighted by molar-refractivity contribution is -0.131. The summed E-state index contributed by atoms with van der Waals surface area (Å²) >= 11 is 0. The van der Waals surface area contributed by atoms with Crippen LogP contribution in [0.1, 0.15) is 18.4 Å². The van der Waals surface area contributed by atoms with Crippen molar-refractivity contribution < 1.29 is 19.0 Å². The number of nitrogens with zero attached hydrogens (tertiary/aromatic N) is 3. The SMILES string of the molecule is C=CCCC(=O)N1CCOc2c(cc(-c3ccc(OC)nn3)cc2OC)C1. The minimum Gasteiger partial charge on any atom is -0.493 e. The number of rotatable bonds is 6. The van der Waals surface area contributed by atoms with E-state index in [9.17, 15) is 4.79 Å². The molecule has 2 heterocycles. The monoisotopic (exact) mass is 369 g/mol. The second-order valence-corrected chi connectivity index (χ2v) is 6.12. The van der Waals surface area contributed by atoms with Crippen LogP contribution in [0.4, 0.5) is 0 Å². The molecule has 142 valence electrons. The summed E-state index contributed by atoms with van der Waals surface area (Å²) in [4.78, 5) is 14.3. The molecule has 1 amide bonds. The lowest BCUT2D eigenvalue weighted by Gasteiger charge is -2.20. The number of benzene rings is 1. The third kappa shape index (κ3) is 4.19. The second kappa shape index (κ2) is 8.53. The van der Waals surface area contributed by atoms with Crippen LogP contribution < -0.4 is 14.2 Å². The first kappa shape index (κ1) is 18.7. The topological polar surface area (TPSA) is 73.8 Å². The largest absolute Gasteiger partial charge is 0.493 e. The Labute approximate surface area is 158 Å². The van der Waals surface area contributed by atoms with E-state index in [0.29, 0.717) is 55.6 Å². The van der Waals surface area contributed by atoms with Gasteiger partial charge in [0.25, 0.3) is 0 Å². The highest BCUT2D eigenvalue weighted by atomic mass is 16.5. The van der Waals surface area contributed by atoms with E-state index in [1.165, 1.54) is 0 Å². The summed E-state index contributed by atoms with van der Waals surface area (Å²) < 4.78 is 16.5. The Morgan fingerprint density at radius 3 is 2.81 bits per heavy atom. The fourth-order valence-electron chi connectivity index (χ4n) is 2.96. The van der Waals surface area contributed by atoms with Crippen molar-refractivity contribution in [2.45, 2.75) is 19.4 Å². The van der Waals surface area contributed by atoms with Gasteiger partial charge in [0.2, 0.25) is 11.8 Å². The van der Waals surface area contributed by atoms with Crippen LogP contribution in [0.3, 0.4) is 0 Å². The number of hydrogen-bond donors (Lipinski definition) is 0. The third-order valence-electron chi connectivity index (χ3n) is 4.38. The lowest BCUT2D eigenvalue weighted by atomic mass is 10.0. The highest BCUT2D eigenvalue weighted by Crippen LogP contribution is 2.38. The van der Waals surface area contributed by atoms with Gasteiger partial charge in [0.05, 0.1) is 26.5 Å². The van der Waals surface area contributed by atoms with Crippen LogP contribution >= 0.6 is 0 Å². The number of amides is 1. The fraction of sp³-hybridized carbons (Fsp3) is 0.350. The standard InChI is InChI=1S/C20H23N3O4/c1-4-5-6-19(24)23-9-10-27-20-15(13-23)11-14(12-17(20)25-2)16-7-8-18(26-3)22-21-16/h4,7-8,11-12H,1,5-6,9-10,13H2,2-3H3. The lowest BCUT2D eigenvalue weighted by Crippen LogP contribution is -2.32. The molecule has 0 saturated carbocycles. The fourth-order valence-corrected chi connectivity index (χ4v) is 2.96. The minimum atomic E-state index is 0.0833. The van der Waals surface area contributed by atoms with Gasteiger partial charge in [0.1, 0.15) is 6.61 Å². The molecule has 7 nitrogen and oxygen atoms in total. The maximum atomic E-state index is 12.5. The van der Waals surface area contributed by atoms with E-state index >= 15 is 0 Å². The summed E-state index contributed by atoms with van der Waals surface area (Å²) in [5.41, 5.74) is 2.40. The van der Waals surface area contributed by atoms with Crippen molar-refractivity contribution in [1.82, 2.24) is 15.1 Å². The Hall–Kier alpha value is -3.09. The highest BCUT2D eigenvalue weighted by molar-refractivity contribution is 5.77. The molecule has 0 bridgehead atoms. The van der Waals surface area contributed by atoms with E-state index in [1.807, 2.05) is 18.2 Å². The van der Waals surface area contributed by atoms with Gasteiger partial charge in [-0.25, -0.2) is 0 Å². The molecule has 2 aromatic rings. The van der Waals surface area contributed by atoms with Crippen molar-refractivity contribution in [1.29, 1.82) is 0 Å². The van der Waals surface area contributed by atoms with Gasteiger partial charge in [-0.15, -0.1) is 16.8 Å². The molecule has 27 heavy (non-hydrogen) atoms. The number of methoxy groups -OCH3 is 2. The van der Waals surface area contributed by atoms with Crippen molar-refractivity contribution in [3.05, 3.63) is 42.5 Å². The summed E-state index contributed by atoms with van der Waals surface area (Å²) in [5, 5.41) is 8.22. The van der Waals surface area contributed by atoms with Crippen molar-refractivity contribution in [3.8, 4) is 28.6 Å². The van der Waals surface area contributed by atoms with Crippen molar-refractivity contribution in [2.24, 2.45) is 0 Å². The van der Waals surface area contributed by atoms with E-state index in [1.54, 1.807) is 31.3 Å². The van der Waals surface area contributed by atoms with Gasteiger partial charge < -0.3 is 19.1 Å². The predicted octanol–water partition coefficient (Wildman–Crippen LogP) is 2.85. The highest BCUT2D eigenvalue weighted by Gasteiger charge is 2.23. The van der Waals surface area contributed by atoms with Crippen LogP contribution in [0, 0.1) is 0 Å². The van der Waals surface area contributed by atoms with E-state index in [2.05, 4.69) is 16.8 Å². The first-order valence-electron chi connectivity index (χ1n) is 8.76. The van der Waals surface area contributed by atoms with E-state index in [0.717, 1.165) is 11.1 Å². The Morgan fingerprint density at radius 1 is 1.30 bits per heavy atom. The van der Waals surface area contributed by atoms with Gasteiger partial charge in [-0.1, -0.05) is 6.08 Å². The number of allylic oxidation sites excluding steroid dienone is 1. The Balaban J connectivity index is 1.94. The van der Waals surface area contributed by atoms with Crippen LogP contribution in [0.2, 0.25) is 0 Å². The summed E-state index contributed by atoms with van der Waals surface area (Å²) in [6, 6.07) is 7.41. The minimum absolute atomic E-state index is 0.0833. The Bertz CT molecular complexity index is 821. The maximum Gasteiger partial charge on any atom is 0.233 e. The quantitative estimate of drug-likeness (QED) is 0.729. The first-order chi connectivity index (χ1) is 13.2. The summed E-state index contributed by atoms with van der Waals surface area (Å²) in [5.74, 6) is 1.81. The molecule has 3 rings (SSSR count). The van der Waals surface area contributed by atoms with Gasteiger partial charge in [-0.2, -0.15) is 0 Å². The molecular weight excluding hydrogens is 346 g/mol. The molecule has 1 aliphatic heterocycles. The molecular formula is C20H23N3O4. The molecule has 0 unspecified atom stereocenters. The zero-order valence-corrected chi connectivity index (χ0v) is 15.6. The average Bonchev–Trinajstić information content (AvgIpc) is 2.93. The van der Waals surface area contributed by atoms with Crippen LogP contribution in [0.5, 0.6) is 17.4 Å². The van der Waals surface area contributed by atoms with E-state index in [-0.39, 0.29) is 5.91 Å². The van der Waals surface area contributed by atoms with Crippen LogP contribution in [-0.2, 0) is 11.3 Å². The van der Waals surface area contributed by atoms with Crippen LogP contribution in [-0.4, -0.2) is 48.4 Å². The number of hydrogen-bond acceptors (Lipinski definition) is 6. The molecule has 0 N–H and O–H groups in total. The van der Waals surface area contributed by atoms with Crippen LogP contribution in [0.25, 0.3) is 11.3 Å². The van der Waals surface area contributed by atoms with Crippen molar-refractivity contribution in [3.63, 3.8) is 0 Å². The first-order valence-corrected chi connectivity index (χ1v) is 8.76. The molecule has 1 aromatic heterocycles. The summed E-state index contributed by atoms with van der Waals surface area (Å²) in [6.45, 7) is 5.09. The van der Waals surface area contributed by atoms with Gasteiger partial charge in [0.15, 0.2) is 11.5 Å². The number of fused-ring (bicyclic) bond motifs is 1. The molecule has 0 radical (unpaired) electrons. The predicted molar refractivity (Wildman–Crippen MR) is 101 cm³/mol. The Morgan fingerprint density at radius 2 is 2.15 bits per heavy atom. The Kier molecular flexibility index (Phi) is 5.90. The zero-order valence-electron chi connectivity index (χ0n) is 15.6. The summed E-state index contributed by atoms with van der Waals surface area (Å²) in [6.07, 6.45) is 2.86. The molecule has 0 fully saturated rings. The molecule has 0 spiro atoms. The molecule has 1 aliphatic rings. The molecule has 7 heteroatoms. The number of ether oxygens (including phenoxy) is 3. The van der Waals surface area contributed by atoms with Crippen molar-refractivity contribution in [2.75, 3.05) is 27.4 Å². The maximum absolute atomic E-state index is 12.5. The average molecular weight is 369 g/mol. The third-order valence-corrected chi connectivity index (χ3v) is 4.38. The zero-order chi connectivity index (χ0) is 19.2. The number of carbonyl (C=O) groups excluding carboxylic acids is 1. The van der Waals surface area contributed by atoms with Crippen LogP contribution in [0.15, 0.2) is 36.9 Å². The van der Waals surface area contributed by atoms with E-state index in [4.69, 9.17) is 14.2 Å². The van der Waals surface area contributed by atoms with Gasteiger partial charge >= 0.3 is 0 Å². The smallest absolute Gasteiger partial charge is 0.233 e. The summed E-state index contributed by atoms with van der Waals surface area (Å²) in [7, 11) is 3.14. The molecule has 0 aliphatic carbocycles. The number of carbonyl (C=O) groups is 1. The van der Waals surface area contributed by atoms with Crippen molar-refractivity contribution >= 4 is 5.91 Å². The molecule has 0 saturated heterocycles. The van der Waals surface area contributed by atoms with Gasteiger partial charge in [0, 0.05) is 30.2 Å². The van der Waals surface area contributed by atoms with Gasteiger partial charge in [-0.3, -0.25) is 4.79 Å². The molecule has 1 aromatic carbocycles. The molecule has 0 atom stereocenters. The van der Waals surface area contributed by atoms with Gasteiger partial charge in [-0.05, 0) is 24.6 Å². The normalized spacial score (nSPS) is 13.2.